The second-order valence-corrected chi connectivity index (χ2v) is 5.38. The van der Waals surface area contributed by atoms with Gasteiger partial charge in [-0.3, -0.25) is 4.90 Å². The van der Waals surface area contributed by atoms with Gasteiger partial charge < -0.3 is 14.9 Å². The van der Waals surface area contributed by atoms with E-state index in [1.165, 1.54) is 19.3 Å². The van der Waals surface area contributed by atoms with Crippen LogP contribution in [0.25, 0.3) is 0 Å². The van der Waals surface area contributed by atoms with Crippen molar-refractivity contribution in [2.45, 2.75) is 31.7 Å². The highest BCUT2D eigenvalue weighted by Gasteiger charge is 2.24. The zero-order valence-corrected chi connectivity index (χ0v) is 12.2. The van der Waals surface area contributed by atoms with Crippen molar-refractivity contribution in [3.8, 4) is 5.75 Å². The molecule has 0 saturated heterocycles. The lowest BCUT2D eigenvalue weighted by molar-refractivity contribution is 0.0696. The van der Waals surface area contributed by atoms with Gasteiger partial charge in [0.25, 0.3) is 0 Å². The number of benzene rings is 1. The second kappa shape index (κ2) is 8.00. The van der Waals surface area contributed by atoms with E-state index in [1.54, 1.807) is 24.3 Å². The van der Waals surface area contributed by atoms with Crippen LogP contribution in [0.4, 0.5) is 0 Å². The Bertz CT molecular complexity index is 459. The van der Waals surface area contributed by atoms with Crippen LogP contribution in [-0.4, -0.2) is 53.4 Å². The second-order valence-electron chi connectivity index (χ2n) is 5.38. The highest BCUT2D eigenvalue weighted by molar-refractivity contribution is 5.87. The third-order valence-corrected chi connectivity index (χ3v) is 3.92. The molecule has 1 aromatic carbocycles. The first-order valence-corrected chi connectivity index (χ1v) is 7.52. The molecule has 2 rings (SSSR count). The molecule has 0 amide bonds. The van der Waals surface area contributed by atoms with E-state index in [4.69, 9.17) is 14.9 Å². The predicted molar refractivity (Wildman–Crippen MR) is 79.8 cm³/mol. The van der Waals surface area contributed by atoms with Gasteiger partial charge in [0, 0.05) is 25.7 Å². The van der Waals surface area contributed by atoms with Crippen LogP contribution in [0, 0.1) is 0 Å². The molecule has 1 saturated carbocycles. The zero-order valence-electron chi connectivity index (χ0n) is 12.2. The van der Waals surface area contributed by atoms with Crippen LogP contribution in [0.2, 0.25) is 0 Å². The van der Waals surface area contributed by atoms with Crippen LogP contribution in [0.5, 0.6) is 5.75 Å². The third-order valence-electron chi connectivity index (χ3n) is 3.92. The Morgan fingerprint density at radius 1 is 1.33 bits per heavy atom. The van der Waals surface area contributed by atoms with Crippen molar-refractivity contribution in [3.63, 3.8) is 0 Å². The van der Waals surface area contributed by atoms with Gasteiger partial charge in [-0.1, -0.05) is 12.5 Å². The van der Waals surface area contributed by atoms with E-state index in [2.05, 4.69) is 4.90 Å². The van der Waals surface area contributed by atoms with Crippen LogP contribution in [0.15, 0.2) is 24.3 Å². The van der Waals surface area contributed by atoms with Gasteiger partial charge in [0.1, 0.15) is 12.4 Å². The topological polar surface area (TPSA) is 70.0 Å². The smallest absolute Gasteiger partial charge is 0.335 e. The molecule has 2 N–H and O–H groups in total. The van der Waals surface area contributed by atoms with Gasteiger partial charge in [-0.25, -0.2) is 4.79 Å². The molecule has 0 bridgehead atoms. The van der Waals surface area contributed by atoms with Crippen LogP contribution in [0.3, 0.4) is 0 Å². The molecule has 5 nitrogen and oxygen atoms in total. The number of nitrogens with zero attached hydrogens (tertiary/aromatic N) is 1. The van der Waals surface area contributed by atoms with Gasteiger partial charge in [-0.05, 0) is 37.5 Å². The molecular formula is C16H23NO4. The SMILES string of the molecule is O=C(O)c1cccc(OCCN(CCCO)C2CCC2)c1. The van der Waals surface area contributed by atoms with Crippen LogP contribution < -0.4 is 4.74 Å². The van der Waals surface area contributed by atoms with Gasteiger partial charge in [-0.15, -0.1) is 0 Å². The maximum atomic E-state index is 10.9. The number of hydrogen-bond donors (Lipinski definition) is 2. The highest BCUT2D eigenvalue weighted by atomic mass is 16.5. The fourth-order valence-corrected chi connectivity index (χ4v) is 2.50. The van der Waals surface area contributed by atoms with Gasteiger partial charge in [-0.2, -0.15) is 0 Å². The molecule has 21 heavy (non-hydrogen) atoms. The molecule has 0 spiro atoms. The molecule has 0 aromatic heterocycles. The first kappa shape index (κ1) is 15.8. The summed E-state index contributed by atoms with van der Waals surface area (Å²) < 4.78 is 5.66. The fraction of sp³-hybridized carbons (Fsp3) is 0.562. The molecular weight excluding hydrogens is 270 g/mol. The van der Waals surface area contributed by atoms with Crippen molar-refractivity contribution < 1.29 is 19.7 Å². The predicted octanol–water partition coefficient (Wildman–Crippen LogP) is 2.00. The van der Waals surface area contributed by atoms with Gasteiger partial charge in [0.05, 0.1) is 5.56 Å². The molecule has 1 aliphatic rings. The molecule has 0 aliphatic heterocycles. The molecule has 1 fully saturated rings. The van der Waals surface area contributed by atoms with E-state index in [-0.39, 0.29) is 12.2 Å². The summed E-state index contributed by atoms with van der Waals surface area (Å²) in [6.07, 6.45) is 4.51. The van der Waals surface area contributed by atoms with Crippen LogP contribution >= 0.6 is 0 Å². The number of carboxylic acid groups (broad SMARTS) is 1. The normalized spacial score (nSPS) is 15.0. The molecule has 116 valence electrons. The lowest BCUT2D eigenvalue weighted by Gasteiger charge is -2.37. The highest BCUT2D eigenvalue weighted by Crippen LogP contribution is 2.24. The molecule has 0 unspecified atom stereocenters. The fourth-order valence-electron chi connectivity index (χ4n) is 2.50. The summed E-state index contributed by atoms with van der Waals surface area (Å²) in [7, 11) is 0. The Kier molecular flexibility index (Phi) is 6.02. The maximum absolute atomic E-state index is 10.9. The maximum Gasteiger partial charge on any atom is 0.335 e. The Morgan fingerprint density at radius 3 is 2.76 bits per heavy atom. The summed E-state index contributed by atoms with van der Waals surface area (Å²) in [6, 6.07) is 7.17. The largest absolute Gasteiger partial charge is 0.492 e. The van der Waals surface area contributed by atoms with Crippen LogP contribution in [-0.2, 0) is 0 Å². The lowest BCUT2D eigenvalue weighted by atomic mass is 9.91. The first-order chi connectivity index (χ1) is 10.2. The summed E-state index contributed by atoms with van der Waals surface area (Å²) in [4.78, 5) is 13.3. The Balaban J connectivity index is 1.80. The molecule has 1 aliphatic carbocycles. The zero-order chi connectivity index (χ0) is 15.1. The minimum absolute atomic E-state index is 0.213. The average Bonchev–Trinajstić information content (AvgIpc) is 2.43. The Morgan fingerprint density at radius 2 is 2.14 bits per heavy atom. The summed E-state index contributed by atoms with van der Waals surface area (Å²) in [5.41, 5.74) is 0.239. The molecule has 0 radical (unpaired) electrons. The van der Waals surface area contributed by atoms with Crippen molar-refractivity contribution in [2.75, 3.05) is 26.3 Å². The molecule has 5 heteroatoms. The number of hydrogen-bond acceptors (Lipinski definition) is 4. The standard InChI is InChI=1S/C16H23NO4/c18-10-3-8-17(14-5-2-6-14)9-11-21-15-7-1-4-13(12-15)16(19)20/h1,4,7,12,14,18H,2-3,5-6,8-11H2,(H,19,20). The van der Waals surface area contributed by atoms with Gasteiger partial charge in [0.15, 0.2) is 0 Å². The van der Waals surface area contributed by atoms with E-state index in [9.17, 15) is 4.79 Å². The first-order valence-electron chi connectivity index (χ1n) is 7.52. The average molecular weight is 293 g/mol. The molecule has 0 heterocycles. The van der Waals surface area contributed by atoms with Crippen LogP contribution in [0.1, 0.15) is 36.0 Å². The molecule has 1 aromatic rings. The number of carboxylic acids is 1. The quantitative estimate of drug-likeness (QED) is 0.729. The van der Waals surface area contributed by atoms with E-state index < -0.39 is 5.97 Å². The van der Waals surface area contributed by atoms with Crippen molar-refractivity contribution in [2.24, 2.45) is 0 Å². The van der Waals surface area contributed by atoms with Gasteiger partial charge in [0.2, 0.25) is 0 Å². The summed E-state index contributed by atoms with van der Waals surface area (Å²) >= 11 is 0. The number of carbonyl (C=O) groups is 1. The number of ether oxygens (including phenoxy) is 1. The van der Waals surface area contributed by atoms with Crippen molar-refractivity contribution in [1.29, 1.82) is 0 Å². The van der Waals surface area contributed by atoms with E-state index in [0.29, 0.717) is 18.4 Å². The number of aliphatic hydroxyl groups is 1. The lowest BCUT2D eigenvalue weighted by Crippen LogP contribution is -2.43. The van der Waals surface area contributed by atoms with E-state index in [1.807, 2.05) is 0 Å². The molecule has 0 atom stereocenters. The van der Waals surface area contributed by atoms with Crippen molar-refractivity contribution in [1.82, 2.24) is 4.90 Å². The minimum Gasteiger partial charge on any atom is -0.492 e. The summed E-state index contributed by atoms with van der Waals surface area (Å²) in [5, 5.41) is 17.9. The Hall–Kier alpha value is -1.59. The van der Waals surface area contributed by atoms with Gasteiger partial charge >= 0.3 is 5.97 Å². The number of aromatic carboxylic acids is 1. The number of aliphatic hydroxyl groups excluding tert-OH is 1. The summed E-state index contributed by atoms with van der Waals surface area (Å²) in [6.45, 7) is 2.44. The summed E-state index contributed by atoms with van der Waals surface area (Å²) in [5.74, 6) is -0.356. The number of rotatable bonds is 9. The monoisotopic (exact) mass is 293 g/mol. The van der Waals surface area contributed by atoms with Crippen molar-refractivity contribution in [3.05, 3.63) is 29.8 Å². The Labute approximate surface area is 125 Å². The third kappa shape index (κ3) is 4.72. The van der Waals surface area contributed by atoms with Crippen molar-refractivity contribution >= 4 is 5.97 Å². The van der Waals surface area contributed by atoms with E-state index >= 15 is 0 Å². The van der Waals surface area contributed by atoms with E-state index in [0.717, 1.165) is 19.5 Å². The minimum atomic E-state index is -0.945.